The van der Waals surface area contributed by atoms with Gasteiger partial charge in [-0.1, -0.05) is 6.07 Å². The van der Waals surface area contributed by atoms with Gasteiger partial charge in [-0.15, -0.1) is 0 Å². The molecule has 124 valence electrons. The molecule has 2 heterocycles. The fraction of sp³-hybridized carbons (Fsp3) is 0.235. The maximum atomic E-state index is 12.3. The summed E-state index contributed by atoms with van der Waals surface area (Å²) in [5, 5.41) is 2.78. The van der Waals surface area contributed by atoms with Gasteiger partial charge in [0.1, 0.15) is 6.04 Å². The summed E-state index contributed by atoms with van der Waals surface area (Å²) in [6.45, 7) is 0.392. The quantitative estimate of drug-likeness (QED) is 0.812. The average Bonchev–Trinajstić information content (AvgIpc) is 2.82. The number of carbonyl (C=O) groups excluding carboxylic acids is 2. The van der Waals surface area contributed by atoms with E-state index in [0.29, 0.717) is 17.8 Å². The minimum Gasteiger partial charge on any atom is -0.345 e. The third-order valence-corrected chi connectivity index (χ3v) is 4.11. The number of hydrogen-bond acceptors (Lipinski definition) is 4. The van der Waals surface area contributed by atoms with E-state index >= 15 is 0 Å². The first-order valence-corrected chi connectivity index (χ1v) is 7.57. The van der Waals surface area contributed by atoms with Crippen molar-refractivity contribution in [2.45, 2.75) is 12.1 Å². The molecule has 24 heavy (non-hydrogen) atoms. The van der Waals surface area contributed by atoms with Gasteiger partial charge in [-0.2, -0.15) is 0 Å². The third kappa shape index (κ3) is 2.93. The van der Waals surface area contributed by atoms with E-state index in [1.165, 1.54) is 15.5 Å². The van der Waals surface area contributed by atoms with Gasteiger partial charge < -0.3 is 16.0 Å². The predicted molar refractivity (Wildman–Crippen MR) is 88.9 cm³/mol. The van der Waals surface area contributed by atoms with Crippen molar-refractivity contribution < 1.29 is 9.59 Å². The monoisotopic (exact) mass is 326 g/mol. The molecule has 1 saturated heterocycles. The van der Waals surface area contributed by atoms with Gasteiger partial charge in [-0.3, -0.25) is 19.0 Å². The molecule has 2 unspecified atom stereocenters. The normalized spacial score (nSPS) is 20.2. The summed E-state index contributed by atoms with van der Waals surface area (Å²) in [4.78, 5) is 37.3. The van der Waals surface area contributed by atoms with Crippen molar-refractivity contribution in [3.05, 3.63) is 64.6 Å². The smallest absolute Gasteiger partial charge is 0.255 e. The van der Waals surface area contributed by atoms with E-state index in [-0.39, 0.29) is 17.4 Å². The molecule has 1 fully saturated rings. The lowest BCUT2D eigenvalue weighted by Gasteiger charge is -2.15. The summed E-state index contributed by atoms with van der Waals surface area (Å²) in [7, 11) is 1.65. The fourth-order valence-electron chi connectivity index (χ4n) is 2.73. The van der Waals surface area contributed by atoms with E-state index in [1.807, 2.05) is 0 Å². The molecule has 3 rings (SSSR count). The van der Waals surface area contributed by atoms with E-state index in [1.54, 1.807) is 49.6 Å². The number of rotatable bonds is 3. The van der Waals surface area contributed by atoms with E-state index in [0.717, 1.165) is 0 Å². The summed E-state index contributed by atoms with van der Waals surface area (Å²) in [6.07, 6.45) is 1.66. The summed E-state index contributed by atoms with van der Waals surface area (Å²) in [5.41, 5.74) is 6.78. The van der Waals surface area contributed by atoms with Gasteiger partial charge in [0.05, 0.1) is 6.04 Å². The molecule has 2 amide bonds. The Labute approximate surface area is 138 Å². The zero-order valence-corrected chi connectivity index (χ0v) is 13.2. The van der Waals surface area contributed by atoms with Crippen LogP contribution in [0.1, 0.15) is 10.4 Å². The number of hydrogen-bond donors (Lipinski definition) is 2. The summed E-state index contributed by atoms with van der Waals surface area (Å²) in [6, 6.07) is 10.4. The van der Waals surface area contributed by atoms with Crippen LogP contribution in [-0.4, -0.2) is 47.0 Å². The van der Waals surface area contributed by atoms with Gasteiger partial charge in [0.2, 0.25) is 5.91 Å². The second-order valence-corrected chi connectivity index (χ2v) is 5.78. The summed E-state index contributed by atoms with van der Waals surface area (Å²) >= 11 is 0. The molecule has 2 aromatic rings. The molecule has 1 aliphatic heterocycles. The molecule has 0 aliphatic carbocycles. The third-order valence-electron chi connectivity index (χ3n) is 4.11. The standard InChI is InChI=1S/C17H18N4O3/c1-20-10-13(15(18)17(20)24)19-16(23)11-5-7-12(8-6-11)21-9-3-2-4-14(21)22/h2-9,13,15H,10,18H2,1H3,(H,19,23). The lowest BCUT2D eigenvalue weighted by Crippen LogP contribution is -2.48. The van der Waals surface area contributed by atoms with Crippen molar-refractivity contribution in [3.8, 4) is 5.69 Å². The first kappa shape index (κ1) is 15.9. The maximum absolute atomic E-state index is 12.3. The number of nitrogens with two attached hydrogens (primary N) is 1. The van der Waals surface area contributed by atoms with Crippen LogP contribution in [-0.2, 0) is 4.79 Å². The molecule has 0 saturated carbocycles. The fourth-order valence-corrected chi connectivity index (χ4v) is 2.73. The molecule has 0 bridgehead atoms. The Morgan fingerprint density at radius 3 is 2.46 bits per heavy atom. The Balaban J connectivity index is 1.74. The number of aromatic nitrogens is 1. The number of likely N-dealkylation sites (tertiary alicyclic amines) is 1. The number of likely N-dealkylation sites (N-methyl/N-ethyl adjacent to an activating group) is 1. The lowest BCUT2D eigenvalue weighted by atomic mass is 10.1. The van der Waals surface area contributed by atoms with Crippen LogP contribution in [0.25, 0.3) is 5.69 Å². The number of amides is 2. The van der Waals surface area contributed by atoms with Gasteiger partial charge in [0.25, 0.3) is 11.5 Å². The van der Waals surface area contributed by atoms with Gasteiger partial charge >= 0.3 is 0 Å². The predicted octanol–water partition coefficient (Wildman–Crippen LogP) is -0.265. The molecule has 1 aliphatic rings. The van der Waals surface area contributed by atoms with Crippen LogP contribution < -0.4 is 16.6 Å². The Kier molecular flexibility index (Phi) is 4.18. The van der Waals surface area contributed by atoms with Crippen LogP contribution >= 0.6 is 0 Å². The highest BCUT2D eigenvalue weighted by molar-refractivity contribution is 5.95. The van der Waals surface area contributed by atoms with Crippen molar-refractivity contribution in [2.24, 2.45) is 5.73 Å². The molecule has 7 heteroatoms. The number of carbonyl (C=O) groups is 2. The van der Waals surface area contributed by atoms with Crippen molar-refractivity contribution in [3.63, 3.8) is 0 Å². The maximum Gasteiger partial charge on any atom is 0.255 e. The molecule has 1 aromatic carbocycles. The van der Waals surface area contributed by atoms with E-state index in [2.05, 4.69) is 5.32 Å². The van der Waals surface area contributed by atoms with Crippen LogP contribution in [0.3, 0.4) is 0 Å². The van der Waals surface area contributed by atoms with Gasteiger partial charge in [0, 0.05) is 37.1 Å². The highest BCUT2D eigenvalue weighted by atomic mass is 16.2. The van der Waals surface area contributed by atoms with E-state index < -0.39 is 12.1 Å². The molecule has 3 N–H and O–H groups in total. The Hall–Kier alpha value is -2.93. The largest absolute Gasteiger partial charge is 0.345 e. The number of nitrogens with one attached hydrogen (secondary N) is 1. The molecule has 1 aromatic heterocycles. The minimum atomic E-state index is -0.721. The molecular formula is C17H18N4O3. The highest BCUT2D eigenvalue weighted by Crippen LogP contribution is 2.11. The topological polar surface area (TPSA) is 97.4 Å². The van der Waals surface area contributed by atoms with Crippen LogP contribution in [0, 0.1) is 0 Å². The molecule has 2 atom stereocenters. The van der Waals surface area contributed by atoms with Crippen LogP contribution in [0.4, 0.5) is 0 Å². The molecular weight excluding hydrogens is 308 g/mol. The van der Waals surface area contributed by atoms with Gasteiger partial charge in [-0.25, -0.2) is 0 Å². The lowest BCUT2D eigenvalue weighted by molar-refractivity contribution is -0.127. The van der Waals surface area contributed by atoms with Crippen LogP contribution in [0.2, 0.25) is 0 Å². The first-order chi connectivity index (χ1) is 11.5. The number of benzene rings is 1. The zero-order valence-electron chi connectivity index (χ0n) is 13.2. The first-order valence-electron chi connectivity index (χ1n) is 7.57. The SMILES string of the molecule is CN1CC(NC(=O)c2ccc(-n3ccccc3=O)cc2)C(N)C1=O. The Bertz CT molecular complexity index is 828. The number of nitrogens with zero attached hydrogens (tertiary/aromatic N) is 2. The van der Waals surface area contributed by atoms with Crippen molar-refractivity contribution in [2.75, 3.05) is 13.6 Å². The second-order valence-electron chi connectivity index (χ2n) is 5.78. The van der Waals surface area contributed by atoms with Gasteiger partial charge in [0.15, 0.2) is 0 Å². The summed E-state index contributed by atoms with van der Waals surface area (Å²) in [5.74, 6) is -0.482. The molecule has 0 radical (unpaired) electrons. The Morgan fingerprint density at radius 2 is 1.88 bits per heavy atom. The van der Waals surface area contributed by atoms with E-state index in [9.17, 15) is 14.4 Å². The Morgan fingerprint density at radius 1 is 1.17 bits per heavy atom. The zero-order chi connectivity index (χ0) is 17.3. The second kappa shape index (κ2) is 6.29. The van der Waals surface area contributed by atoms with Crippen molar-refractivity contribution >= 4 is 11.8 Å². The highest BCUT2D eigenvalue weighted by Gasteiger charge is 2.36. The summed E-state index contributed by atoms with van der Waals surface area (Å²) < 4.78 is 1.49. The van der Waals surface area contributed by atoms with Gasteiger partial charge in [-0.05, 0) is 30.3 Å². The van der Waals surface area contributed by atoms with Crippen molar-refractivity contribution in [1.82, 2.24) is 14.8 Å². The average molecular weight is 326 g/mol. The number of pyridine rings is 1. The van der Waals surface area contributed by atoms with Crippen LogP contribution in [0.5, 0.6) is 0 Å². The van der Waals surface area contributed by atoms with Crippen molar-refractivity contribution in [1.29, 1.82) is 0 Å². The van der Waals surface area contributed by atoms with Crippen LogP contribution in [0.15, 0.2) is 53.5 Å². The minimum absolute atomic E-state index is 0.145. The van der Waals surface area contributed by atoms with E-state index in [4.69, 9.17) is 5.73 Å². The molecule has 7 nitrogen and oxygen atoms in total. The molecule has 0 spiro atoms.